The van der Waals surface area contributed by atoms with Crippen LogP contribution < -0.4 is 20.3 Å². The van der Waals surface area contributed by atoms with Gasteiger partial charge in [-0.25, -0.2) is 9.97 Å². The monoisotopic (exact) mass is 462 g/mol. The van der Waals surface area contributed by atoms with Gasteiger partial charge in [0.15, 0.2) is 10.8 Å². The summed E-state index contributed by atoms with van der Waals surface area (Å²) in [5.41, 5.74) is 1.62. The Hall–Kier alpha value is -3.85. The van der Waals surface area contributed by atoms with Crippen molar-refractivity contribution in [1.29, 1.82) is 0 Å². The summed E-state index contributed by atoms with van der Waals surface area (Å²) in [6, 6.07) is 18.0. The molecule has 0 bridgehead atoms. The van der Waals surface area contributed by atoms with Crippen LogP contribution in [0.3, 0.4) is 0 Å². The van der Waals surface area contributed by atoms with E-state index < -0.39 is 0 Å². The van der Waals surface area contributed by atoms with E-state index in [1.807, 2.05) is 36.4 Å². The summed E-state index contributed by atoms with van der Waals surface area (Å²) in [5, 5.41) is 3.67. The van der Waals surface area contributed by atoms with Crippen LogP contribution in [0.1, 0.15) is 5.56 Å². The quantitative estimate of drug-likeness (QED) is 0.316. The van der Waals surface area contributed by atoms with Gasteiger partial charge < -0.3 is 14.8 Å². The number of aromatic nitrogens is 3. The first kappa shape index (κ1) is 22.3. The molecule has 2 aromatic heterocycles. The number of carbonyl (C=O) groups is 1. The highest BCUT2D eigenvalue weighted by molar-refractivity contribution is 7.99. The Morgan fingerprint density at radius 1 is 1.03 bits per heavy atom. The minimum Gasteiger partial charge on any atom is -0.497 e. The zero-order valence-corrected chi connectivity index (χ0v) is 19.0. The molecule has 0 aliphatic carbocycles. The maximum atomic E-state index is 13.2. The van der Waals surface area contributed by atoms with Gasteiger partial charge in [0.05, 0.1) is 37.6 Å². The SMILES string of the molecule is COc1ccc(Cn2c(SCC(=O)Nc3ccccc3OC)nc3ncccc3c2=O)cc1. The van der Waals surface area contributed by atoms with Crippen molar-refractivity contribution in [1.82, 2.24) is 14.5 Å². The van der Waals surface area contributed by atoms with E-state index in [0.29, 0.717) is 34.2 Å². The van der Waals surface area contributed by atoms with Crippen LogP contribution in [0.5, 0.6) is 11.5 Å². The number of para-hydroxylation sites is 2. The summed E-state index contributed by atoms with van der Waals surface area (Å²) in [4.78, 5) is 34.6. The number of rotatable bonds is 8. The summed E-state index contributed by atoms with van der Waals surface area (Å²) in [6.45, 7) is 0.303. The predicted molar refractivity (Wildman–Crippen MR) is 128 cm³/mol. The zero-order valence-electron chi connectivity index (χ0n) is 18.1. The number of nitrogens with zero attached hydrogens (tertiary/aromatic N) is 3. The molecule has 0 fully saturated rings. The van der Waals surface area contributed by atoms with E-state index in [4.69, 9.17) is 9.47 Å². The number of benzene rings is 2. The van der Waals surface area contributed by atoms with Crippen LogP contribution in [0, 0.1) is 0 Å². The van der Waals surface area contributed by atoms with E-state index in [1.165, 1.54) is 11.8 Å². The van der Waals surface area contributed by atoms with Gasteiger partial charge in [-0.15, -0.1) is 0 Å². The average Bonchev–Trinajstić information content (AvgIpc) is 2.85. The van der Waals surface area contributed by atoms with E-state index in [1.54, 1.807) is 49.2 Å². The fourth-order valence-electron chi connectivity index (χ4n) is 3.26. The summed E-state index contributed by atoms with van der Waals surface area (Å²) in [5.74, 6) is 1.12. The molecule has 1 N–H and O–H groups in total. The molecule has 168 valence electrons. The van der Waals surface area contributed by atoms with Gasteiger partial charge in [-0.1, -0.05) is 36.0 Å². The molecule has 0 atom stereocenters. The number of carbonyl (C=O) groups excluding carboxylic acids is 1. The number of ether oxygens (including phenoxy) is 2. The fourth-order valence-corrected chi connectivity index (χ4v) is 4.05. The molecule has 0 spiro atoms. The second-order valence-corrected chi connectivity index (χ2v) is 7.99. The standard InChI is InChI=1S/C24H22N4O4S/c1-31-17-11-9-16(10-12-17)14-28-23(30)18-6-5-13-25-22(18)27-24(28)33-15-21(29)26-19-7-3-4-8-20(19)32-2/h3-13H,14-15H2,1-2H3,(H,26,29). The van der Waals surface area contributed by atoms with Crippen molar-refractivity contribution in [3.63, 3.8) is 0 Å². The maximum absolute atomic E-state index is 13.2. The van der Waals surface area contributed by atoms with Crippen LogP contribution >= 0.6 is 11.8 Å². The number of pyridine rings is 1. The Balaban J connectivity index is 1.60. The second-order valence-electron chi connectivity index (χ2n) is 7.05. The van der Waals surface area contributed by atoms with Crippen LogP contribution in [0.4, 0.5) is 5.69 Å². The number of nitrogens with one attached hydrogen (secondary N) is 1. The van der Waals surface area contributed by atoms with Crippen LogP contribution in [0.25, 0.3) is 11.0 Å². The van der Waals surface area contributed by atoms with Gasteiger partial charge in [-0.2, -0.15) is 0 Å². The molecule has 9 heteroatoms. The van der Waals surface area contributed by atoms with Gasteiger partial charge >= 0.3 is 0 Å². The molecule has 0 aliphatic rings. The first-order valence-corrected chi connectivity index (χ1v) is 11.1. The third-order valence-corrected chi connectivity index (χ3v) is 5.88. The molecule has 8 nitrogen and oxygen atoms in total. The van der Waals surface area contributed by atoms with Gasteiger partial charge in [-0.05, 0) is 42.0 Å². The van der Waals surface area contributed by atoms with Crippen molar-refractivity contribution in [3.8, 4) is 11.5 Å². The second kappa shape index (κ2) is 10.2. The summed E-state index contributed by atoms with van der Waals surface area (Å²) < 4.78 is 12.0. The minimum absolute atomic E-state index is 0.0610. The minimum atomic E-state index is -0.240. The van der Waals surface area contributed by atoms with Crippen LogP contribution in [-0.2, 0) is 11.3 Å². The maximum Gasteiger partial charge on any atom is 0.263 e. The molecule has 4 rings (SSSR count). The predicted octanol–water partition coefficient (Wildman–Crippen LogP) is 3.59. The van der Waals surface area contributed by atoms with E-state index in [9.17, 15) is 9.59 Å². The molecule has 0 saturated heterocycles. The molecule has 0 unspecified atom stereocenters. The van der Waals surface area contributed by atoms with E-state index in [2.05, 4.69) is 15.3 Å². The number of fused-ring (bicyclic) bond motifs is 1. The van der Waals surface area contributed by atoms with Crippen LogP contribution in [-0.4, -0.2) is 40.4 Å². The van der Waals surface area contributed by atoms with Crippen molar-refractivity contribution in [3.05, 3.63) is 82.8 Å². The summed E-state index contributed by atoms with van der Waals surface area (Å²) in [6.07, 6.45) is 1.59. The fraction of sp³-hybridized carbons (Fsp3) is 0.167. The Bertz CT molecular complexity index is 1340. The molecule has 0 radical (unpaired) electrons. The molecule has 1 amide bonds. The molecule has 2 aromatic carbocycles. The lowest BCUT2D eigenvalue weighted by Gasteiger charge is -2.14. The summed E-state index contributed by atoms with van der Waals surface area (Å²) in [7, 11) is 3.15. The Labute approximate surface area is 194 Å². The van der Waals surface area contributed by atoms with Crippen LogP contribution in [0.15, 0.2) is 76.8 Å². The van der Waals surface area contributed by atoms with E-state index in [0.717, 1.165) is 11.3 Å². The largest absolute Gasteiger partial charge is 0.497 e. The summed E-state index contributed by atoms with van der Waals surface area (Å²) >= 11 is 1.18. The highest BCUT2D eigenvalue weighted by Crippen LogP contribution is 2.24. The number of amides is 1. The molecule has 0 aliphatic heterocycles. The van der Waals surface area contributed by atoms with Crippen molar-refractivity contribution in [2.45, 2.75) is 11.7 Å². The number of anilines is 1. The van der Waals surface area contributed by atoms with Crippen LogP contribution in [0.2, 0.25) is 0 Å². The van der Waals surface area contributed by atoms with E-state index in [-0.39, 0.29) is 17.2 Å². The normalized spacial score (nSPS) is 10.7. The average molecular weight is 463 g/mol. The molecule has 0 saturated carbocycles. The zero-order chi connectivity index (χ0) is 23.2. The van der Waals surface area contributed by atoms with Crippen molar-refractivity contribution in [2.24, 2.45) is 0 Å². The molecule has 4 aromatic rings. The Morgan fingerprint density at radius 2 is 1.82 bits per heavy atom. The van der Waals surface area contributed by atoms with Gasteiger partial charge in [0.1, 0.15) is 11.5 Å². The third kappa shape index (κ3) is 5.15. The number of thioether (sulfide) groups is 1. The van der Waals surface area contributed by atoms with Crippen molar-refractivity contribution >= 4 is 34.4 Å². The number of methoxy groups -OCH3 is 2. The highest BCUT2D eigenvalue weighted by Gasteiger charge is 2.15. The molecule has 2 heterocycles. The van der Waals surface area contributed by atoms with Gasteiger partial charge in [0.25, 0.3) is 5.56 Å². The number of hydrogen-bond donors (Lipinski definition) is 1. The van der Waals surface area contributed by atoms with Crippen molar-refractivity contribution in [2.75, 3.05) is 25.3 Å². The van der Waals surface area contributed by atoms with Crippen molar-refractivity contribution < 1.29 is 14.3 Å². The third-order valence-electron chi connectivity index (χ3n) is 4.91. The van der Waals surface area contributed by atoms with Gasteiger partial charge in [0, 0.05) is 6.20 Å². The lowest BCUT2D eigenvalue weighted by atomic mass is 10.2. The Morgan fingerprint density at radius 3 is 2.58 bits per heavy atom. The molecular weight excluding hydrogens is 440 g/mol. The van der Waals surface area contributed by atoms with Gasteiger partial charge in [0.2, 0.25) is 5.91 Å². The first-order chi connectivity index (χ1) is 16.1. The number of hydrogen-bond acceptors (Lipinski definition) is 7. The van der Waals surface area contributed by atoms with Gasteiger partial charge in [-0.3, -0.25) is 14.2 Å². The first-order valence-electron chi connectivity index (χ1n) is 10.1. The topological polar surface area (TPSA) is 95.3 Å². The Kier molecular flexibility index (Phi) is 6.89. The molecular formula is C24H22N4O4S. The highest BCUT2D eigenvalue weighted by atomic mass is 32.2. The lowest BCUT2D eigenvalue weighted by Crippen LogP contribution is -2.25. The van der Waals surface area contributed by atoms with E-state index >= 15 is 0 Å². The molecule has 33 heavy (non-hydrogen) atoms. The smallest absolute Gasteiger partial charge is 0.263 e. The lowest BCUT2D eigenvalue weighted by molar-refractivity contribution is -0.113.